The minimum absolute atomic E-state index is 0.0879. The van der Waals surface area contributed by atoms with Gasteiger partial charge in [-0.25, -0.2) is 0 Å². The molecule has 1 aromatic rings. The van der Waals surface area contributed by atoms with Crippen molar-refractivity contribution in [3.05, 3.63) is 28.8 Å². The van der Waals surface area contributed by atoms with Crippen molar-refractivity contribution in [3.63, 3.8) is 0 Å². The first-order chi connectivity index (χ1) is 10.4. The number of likely N-dealkylation sites (tertiary alicyclic amines) is 1. The van der Waals surface area contributed by atoms with Gasteiger partial charge in [-0.1, -0.05) is 11.6 Å². The fraction of sp³-hybridized carbons (Fsp3) is 0.467. The second-order valence-corrected chi connectivity index (χ2v) is 5.83. The van der Waals surface area contributed by atoms with Crippen LogP contribution in [0.2, 0.25) is 5.02 Å². The summed E-state index contributed by atoms with van der Waals surface area (Å²) >= 11 is 6.12. The van der Waals surface area contributed by atoms with Crippen molar-refractivity contribution >= 4 is 29.1 Å². The van der Waals surface area contributed by atoms with Gasteiger partial charge in [0.05, 0.1) is 16.7 Å². The molecule has 0 bridgehead atoms. The molecule has 2 rings (SSSR count). The molecule has 0 aliphatic carbocycles. The van der Waals surface area contributed by atoms with Crippen LogP contribution in [-0.4, -0.2) is 52.7 Å². The Kier molecular flexibility index (Phi) is 5.39. The van der Waals surface area contributed by atoms with Gasteiger partial charge < -0.3 is 20.4 Å². The van der Waals surface area contributed by atoms with Gasteiger partial charge in [-0.2, -0.15) is 0 Å². The highest BCUT2D eigenvalue weighted by molar-refractivity contribution is 6.34. The van der Waals surface area contributed by atoms with E-state index in [1.165, 1.54) is 17.9 Å². The molecule has 6 nitrogen and oxygen atoms in total. The molecular weight excluding hydrogens is 308 g/mol. The molecule has 0 unspecified atom stereocenters. The Hall–Kier alpha value is -1.63. The maximum Gasteiger partial charge on any atom is 0.255 e. The molecule has 0 aromatic heterocycles. The number of β-amino-alcohol motifs (C(OH)–C–C–N with tert-alkyl or cyclic N) is 1. The summed E-state index contributed by atoms with van der Waals surface area (Å²) in [5.41, 5.74) is 0.846. The fourth-order valence-electron chi connectivity index (χ4n) is 2.52. The number of carbonyl (C=O) groups excluding carboxylic acids is 2. The number of carbonyl (C=O) groups is 2. The summed E-state index contributed by atoms with van der Waals surface area (Å²) in [6, 6.07) is 4.69. The van der Waals surface area contributed by atoms with Crippen molar-refractivity contribution in [1.29, 1.82) is 0 Å². The van der Waals surface area contributed by atoms with E-state index in [2.05, 4.69) is 5.32 Å². The molecule has 0 saturated carbocycles. The van der Waals surface area contributed by atoms with Crippen LogP contribution < -0.4 is 5.32 Å². The third kappa shape index (κ3) is 3.76. The molecule has 2 amide bonds. The molecule has 1 aliphatic heterocycles. The third-order valence-electron chi connectivity index (χ3n) is 3.76. The number of amides is 2. The summed E-state index contributed by atoms with van der Waals surface area (Å²) in [7, 11) is 0. The molecule has 0 radical (unpaired) electrons. The zero-order chi connectivity index (χ0) is 16.3. The van der Waals surface area contributed by atoms with Crippen molar-refractivity contribution in [1.82, 2.24) is 4.90 Å². The van der Waals surface area contributed by atoms with Crippen LogP contribution in [0.3, 0.4) is 0 Å². The molecule has 1 saturated heterocycles. The van der Waals surface area contributed by atoms with Gasteiger partial charge >= 0.3 is 0 Å². The van der Waals surface area contributed by atoms with E-state index in [9.17, 15) is 14.7 Å². The Bertz CT molecular complexity index is 579. The predicted molar refractivity (Wildman–Crippen MR) is 82.9 cm³/mol. The number of hydrogen-bond acceptors (Lipinski definition) is 4. The lowest BCUT2D eigenvalue weighted by atomic mass is 9.94. The van der Waals surface area contributed by atoms with Gasteiger partial charge in [-0.3, -0.25) is 9.59 Å². The normalized spacial score (nSPS) is 21.5. The molecule has 1 aromatic carbocycles. The van der Waals surface area contributed by atoms with E-state index in [0.29, 0.717) is 24.2 Å². The van der Waals surface area contributed by atoms with Crippen molar-refractivity contribution in [3.8, 4) is 0 Å². The van der Waals surface area contributed by atoms with E-state index in [1.807, 2.05) is 0 Å². The highest BCUT2D eigenvalue weighted by Crippen LogP contribution is 2.25. The molecule has 1 fully saturated rings. The summed E-state index contributed by atoms with van der Waals surface area (Å²) in [6.45, 7) is 1.94. The van der Waals surface area contributed by atoms with Crippen LogP contribution in [0, 0.1) is 5.92 Å². The lowest BCUT2D eigenvalue weighted by Crippen LogP contribution is -2.47. The first-order valence-corrected chi connectivity index (χ1v) is 7.45. The summed E-state index contributed by atoms with van der Waals surface area (Å²) in [6.07, 6.45) is -0.189. The number of halogens is 1. The van der Waals surface area contributed by atoms with E-state index >= 15 is 0 Å². The number of aliphatic hydroxyl groups excluding tert-OH is 2. The van der Waals surface area contributed by atoms with E-state index < -0.39 is 6.10 Å². The first kappa shape index (κ1) is 16.7. The lowest BCUT2D eigenvalue weighted by Gasteiger charge is -2.35. The number of benzene rings is 1. The maximum absolute atomic E-state index is 12.5. The zero-order valence-electron chi connectivity index (χ0n) is 12.3. The van der Waals surface area contributed by atoms with Gasteiger partial charge in [0.1, 0.15) is 0 Å². The van der Waals surface area contributed by atoms with Crippen molar-refractivity contribution in [2.75, 3.05) is 25.0 Å². The molecular formula is C15H19ClN2O4. The number of aliphatic hydroxyl groups is 2. The first-order valence-electron chi connectivity index (χ1n) is 7.07. The minimum Gasteiger partial charge on any atom is -0.396 e. The Balaban J connectivity index is 2.11. The standard InChI is InChI=1S/C15H19ClN2O4/c1-9(20)17-11-2-3-12(13(16)6-11)15(22)18-5-4-10(8-19)14(21)7-18/h2-3,6,10,14,19,21H,4-5,7-8H2,1H3,(H,17,20)/t10-,14+/m1/s1. The van der Waals surface area contributed by atoms with Crippen LogP contribution in [0.15, 0.2) is 18.2 Å². The second-order valence-electron chi connectivity index (χ2n) is 5.43. The zero-order valence-corrected chi connectivity index (χ0v) is 13.0. The van der Waals surface area contributed by atoms with E-state index in [0.717, 1.165) is 0 Å². The summed E-state index contributed by atoms with van der Waals surface area (Å²) in [4.78, 5) is 25.0. The molecule has 22 heavy (non-hydrogen) atoms. The average Bonchev–Trinajstić information content (AvgIpc) is 2.46. The lowest BCUT2D eigenvalue weighted by molar-refractivity contribution is -0.114. The molecule has 1 aliphatic rings. The Morgan fingerprint density at radius 3 is 2.73 bits per heavy atom. The van der Waals surface area contributed by atoms with Crippen molar-refractivity contribution in [2.24, 2.45) is 5.92 Å². The monoisotopic (exact) mass is 326 g/mol. The van der Waals surface area contributed by atoms with Gasteiger partial charge in [0.25, 0.3) is 5.91 Å². The molecule has 0 spiro atoms. The summed E-state index contributed by atoms with van der Waals surface area (Å²) < 4.78 is 0. The van der Waals surface area contributed by atoms with E-state index in [1.54, 1.807) is 12.1 Å². The Labute approximate surface area is 133 Å². The van der Waals surface area contributed by atoms with Crippen LogP contribution >= 0.6 is 11.6 Å². The van der Waals surface area contributed by atoms with E-state index in [-0.39, 0.29) is 35.9 Å². The maximum atomic E-state index is 12.5. The number of hydrogen-bond donors (Lipinski definition) is 3. The van der Waals surface area contributed by atoms with Crippen molar-refractivity contribution < 1.29 is 19.8 Å². The molecule has 120 valence electrons. The Morgan fingerprint density at radius 1 is 1.45 bits per heavy atom. The van der Waals surface area contributed by atoms with Crippen LogP contribution in [0.1, 0.15) is 23.7 Å². The smallest absolute Gasteiger partial charge is 0.255 e. The van der Waals surface area contributed by atoms with Gasteiger partial charge in [0, 0.05) is 38.2 Å². The fourth-order valence-corrected chi connectivity index (χ4v) is 2.78. The SMILES string of the molecule is CC(=O)Nc1ccc(C(=O)N2CC[C@H](CO)[C@@H](O)C2)c(Cl)c1. The van der Waals surface area contributed by atoms with Crippen molar-refractivity contribution in [2.45, 2.75) is 19.4 Å². The topological polar surface area (TPSA) is 89.9 Å². The van der Waals surface area contributed by atoms with Gasteiger partial charge in [0.15, 0.2) is 0 Å². The third-order valence-corrected chi connectivity index (χ3v) is 4.08. The average molecular weight is 327 g/mol. The van der Waals surface area contributed by atoms with Crippen LogP contribution in [0.25, 0.3) is 0 Å². The highest BCUT2D eigenvalue weighted by atomic mass is 35.5. The van der Waals surface area contributed by atoms with Gasteiger partial charge in [0.2, 0.25) is 5.91 Å². The molecule has 7 heteroatoms. The predicted octanol–water partition coefficient (Wildman–Crippen LogP) is 1.11. The van der Waals surface area contributed by atoms with Crippen LogP contribution in [0.4, 0.5) is 5.69 Å². The largest absolute Gasteiger partial charge is 0.396 e. The molecule has 3 N–H and O–H groups in total. The summed E-state index contributed by atoms with van der Waals surface area (Å²) in [5, 5.41) is 21.9. The number of anilines is 1. The number of piperidine rings is 1. The quantitative estimate of drug-likeness (QED) is 0.776. The number of nitrogens with zero attached hydrogens (tertiary/aromatic N) is 1. The van der Waals surface area contributed by atoms with Gasteiger partial charge in [-0.15, -0.1) is 0 Å². The van der Waals surface area contributed by atoms with Crippen LogP contribution in [0.5, 0.6) is 0 Å². The highest BCUT2D eigenvalue weighted by Gasteiger charge is 2.30. The molecule has 1 heterocycles. The minimum atomic E-state index is -0.736. The van der Waals surface area contributed by atoms with E-state index in [4.69, 9.17) is 16.7 Å². The number of nitrogens with one attached hydrogen (secondary N) is 1. The molecule has 2 atom stereocenters. The second kappa shape index (κ2) is 7.09. The Morgan fingerprint density at radius 2 is 2.18 bits per heavy atom. The summed E-state index contributed by atoms with van der Waals surface area (Å²) in [5.74, 6) is -0.680. The number of rotatable bonds is 3. The van der Waals surface area contributed by atoms with Crippen LogP contribution in [-0.2, 0) is 4.79 Å². The van der Waals surface area contributed by atoms with Gasteiger partial charge in [-0.05, 0) is 24.6 Å².